The number of esters is 1. The van der Waals surface area contributed by atoms with Gasteiger partial charge in [0.15, 0.2) is 0 Å². The molecule has 18 heavy (non-hydrogen) atoms. The van der Waals surface area contributed by atoms with E-state index in [0.29, 0.717) is 5.75 Å². The molecule has 0 aliphatic carbocycles. The molecule has 0 fully saturated rings. The summed E-state index contributed by atoms with van der Waals surface area (Å²) in [5, 5.41) is 0. The summed E-state index contributed by atoms with van der Waals surface area (Å²) in [7, 11) is 2.68. The largest absolute Gasteiger partial charge is 0.496 e. The lowest BCUT2D eigenvalue weighted by atomic mass is 10.0. The Balaban J connectivity index is 2.87. The van der Waals surface area contributed by atoms with Gasteiger partial charge in [-0.3, -0.25) is 14.4 Å². The van der Waals surface area contributed by atoms with Crippen molar-refractivity contribution in [1.29, 1.82) is 0 Å². The highest BCUT2D eigenvalue weighted by Gasteiger charge is 2.20. The predicted molar refractivity (Wildman–Crippen MR) is 63.7 cm³/mol. The lowest BCUT2D eigenvalue weighted by Crippen LogP contribution is -2.19. The summed E-state index contributed by atoms with van der Waals surface area (Å²) >= 11 is 0. The summed E-state index contributed by atoms with van der Waals surface area (Å²) in [6.45, 7) is 1.76. The molecule has 0 saturated carbocycles. The van der Waals surface area contributed by atoms with Crippen LogP contribution in [0.25, 0.3) is 0 Å². The van der Waals surface area contributed by atoms with Crippen LogP contribution in [0.1, 0.15) is 22.3 Å². The third-order valence-electron chi connectivity index (χ3n) is 2.44. The lowest BCUT2D eigenvalue weighted by Gasteiger charge is -2.06. The van der Waals surface area contributed by atoms with Gasteiger partial charge < -0.3 is 9.47 Å². The highest BCUT2D eigenvalue weighted by atomic mass is 16.5. The fourth-order valence-electron chi connectivity index (χ4n) is 1.46. The van der Waals surface area contributed by atoms with Crippen LogP contribution in [0.15, 0.2) is 18.2 Å². The lowest BCUT2D eigenvalue weighted by molar-refractivity contribution is -0.142. The molecule has 96 valence electrons. The minimum atomic E-state index is -0.786. The zero-order chi connectivity index (χ0) is 13.7. The van der Waals surface area contributed by atoms with Crippen LogP contribution in [-0.4, -0.2) is 31.8 Å². The van der Waals surface area contributed by atoms with Crippen LogP contribution in [0.4, 0.5) is 0 Å². The maximum atomic E-state index is 11.7. The second-order valence-electron chi connectivity index (χ2n) is 3.69. The molecule has 0 radical (unpaired) electrons. The number of hydrogen-bond acceptors (Lipinski definition) is 5. The molecule has 0 spiro atoms. The van der Waals surface area contributed by atoms with Crippen molar-refractivity contribution in [2.45, 2.75) is 13.3 Å². The van der Waals surface area contributed by atoms with Crippen LogP contribution < -0.4 is 4.74 Å². The Bertz CT molecular complexity index is 490. The number of rotatable bonds is 5. The fraction of sp³-hybridized carbons (Fsp3) is 0.308. The fourth-order valence-corrected chi connectivity index (χ4v) is 1.46. The summed E-state index contributed by atoms with van der Waals surface area (Å²) in [5.74, 6) is -1.58. The van der Waals surface area contributed by atoms with Gasteiger partial charge in [0.2, 0.25) is 11.6 Å². The minimum Gasteiger partial charge on any atom is -0.496 e. The first kappa shape index (κ1) is 13.9. The van der Waals surface area contributed by atoms with Gasteiger partial charge in [0.05, 0.1) is 14.2 Å². The van der Waals surface area contributed by atoms with Crippen molar-refractivity contribution in [3.8, 4) is 5.75 Å². The number of Topliss-reactive ketones (excluding diaryl/α,β-unsaturated/α-hetero) is 2. The van der Waals surface area contributed by atoms with Gasteiger partial charge in [-0.15, -0.1) is 0 Å². The van der Waals surface area contributed by atoms with Gasteiger partial charge in [0.1, 0.15) is 12.2 Å². The van der Waals surface area contributed by atoms with Crippen LogP contribution in [0.2, 0.25) is 0 Å². The molecule has 0 amide bonds. The van der Waals surface area contributed by atoms with E-state index in [9.17, 15) is 14.4 Å². The molecule has 1 rings (SSSR count). The Morgan fingerprint density at radius 2 is 1.83 bits per heavy atom. The topological polar surface area (TPSA) is 69.7 Å². The quantitative estimate of drug-likeness (QED) is 0.341. The van der Waals surface area contributed by atoms with Crippen molar-refractivity contribution in [3.05, 3.63) is 29.3 Å². The average Bonchev–Trinajstić information content (AvgIpc) is 2.37. The Hall–Kier alpha value is -2.17. The Morgan fingerprint density at radius 3 is 2.33 bits per heavy atom. The van der Waals surface area contributed by atoms with Crippen LogP contribution in [0, 0.1) is 6.92 Å². The van der Waals surface area contributed by atoms with Gasteiger partial charge in [0.25, 0.3) is 0 Å². The van der Waals surface area contributed by atoms with Crippen LogP contribution in [0.3, 0.4) is 0 Å². The van der Waals surface area contributed by atoms with E-state index in [2.05, 4.69) is 4.74 Å². The normalized spacial score (nSPS) is 9.72. The van der Waals surface area contributed by atoms with E-state index in [1.54, 1.807) is 19.1 Å². The minimum absolute atomic E-state index is 0.238. The summed E-state index contributed by atoms with van der Waals surface area (Å²) in [4.78, 5) is 34.2. The number of methoxy groups -OCH3 is 2. The van der Waals surface area contributed by atoms with Gasteiger partial charge in [-0.2, -0.15) is 0 Å². The van der Waals surface area contributed by atoms with Crippen molar-refractivity contribution >= 4 is 17.5 Å². The zero-order valence-corrected chi connectivity index (χ0v) is 10.5. The van der Waals surface area contributed by atoms with Gasteiger partial charge in [-0.25, -0.2) is 0 Å². The monoisotopic (exact) mass is 250 g/mol. The summed E-state index contributed by atoms with van der Waals surface area (Å²) < 4.78 is 9.39. The first-order chi connectivity index (χ1) is 8.49. The van der Waals surface area contributed by atoms with Gasteiger partial charge in [0, 0.05) is 5.56 Å². The number of hydrogen-bond donors (Lipinski definition) is 0. The number of benzene rings is 1. The number of ketones is 2. The molecule has 0 atom stereocenters. The molecule has 0 bridgehead atoms. The summed E-state index contributed by atoms with van der Waals surface area (Å²) in [6, 6.07) is 4.65. The van der Waals surface area contributed by atoms with E-state index in [0.717, 1.165) is 12.7 Å². The van der Waals surface area contributed by atoms with E-state index in [4.69, 9.17) is 4.74 Å². The third-order valence-corrected chi connectivity index (χ3v) is 2.44. The molecule has 0 heterocycles. The Kier molecular flexibility index (Phi) is 4.59. The van der Waals surface area contributed by atoms with E-state index in [-0.39, 0.29) is 5.56 Å². The van der Waals surface area contributed by atoms with Crippen molar-refractivity contribution in [2.75, 3.05) is 14.2 Å². The molecule has 0 aliphatic rings. The number of carbonyl (C=O) groups is 3. The zero-order valence-electron chi connectivity index (χ0n) is 10.5. The molecule has 1 aromatic rings. The molecular weight excluding hydrogens is 236 g/mol. The van der Waals surface area contributed by atoms with Crippen molar-refractivity contribution < 1.29 is 23.9 Å². The summed E-state index contributed by atoms with van der Waals surface area (Å²) in [6.07, 6.45) is -0.541. The standard InChI is InChI=1S/C13H14O5/c1-8-6-9(4-5-11(8)17-2)13(16)10(14)7-12(15)18-3/h4-6H,7H2,1-3H3. The van der Waals surface area contributed by atoms with E-state index >= 15 is 0 Å². The highest BCUT2D eigenvalue weighted by molar-refractivity contribution is 6.45. The average molecular weight is 250 g/mol. The smallest absolute Gasteiger partial charge is 0.313 e. The first-order valence-electron chi connectivity index (χ1n) is 5.28. The third kappa shape index (κ3) is 3.16. The SMILES string of the molecule is COC(=O)CC(=O)C(=O)c1ccc(OC)c(C)c1. The first-order valence-corrected chi connectivity index (χ1v) is 5.28. The van der Waals surface area contributed by atoms with Crippen LogP contribution in [0.5, 0.6) is 5.75 Å². The molecule has 5 nitrogen and oxygen atoms in total. The van der Waals surface area contributed by atoms with Crippen LogP contribution >= 0.6 is 0 Å². The van der Waals surface area contributed by atoms with Crippen molar-refractivity contribution in [1.82, 2.24) is 0 Å². The molecule has 0 N–H and O–H groups in total. The Morgan fingerprint density at radius 1 is 1.17 bits per heavy atom. The van der Waals surface area contributed by atoms with Crippen molar-refractivity contribution in [2.24, 2.45) is 0 Å². The second kappa shape index (κ2) is 5.95. The molecular formula is C13H14O5. The van der Waals surface area contributed by atoms with Crippen molar-refractivity contribution in [3.63, 3.8) is 0 Å². The number of ether oxygens (including phenoxy) is 2. The van der Waals surface area contributed by atoms with E-state index in [1.807, 2.05) is 0 Å². The second-order valence-corrected chi connectivity index (χ2v) is 3.69. The maximum absolute atomic E-state index is 11.7. The molecule has 0 aromatic heterocycles. The number of aryl methyl sites for hydroxylation is 1. The molecule has 0 saturated heterocycles. The summed E-state index contributed by atoms with van der Waals surface area (Å²) in [5.41, 5.74) is 0.983. The molecule has 0 unspecified atom stereocenters. The van der Waals surface area contributed by atoms with Gasteiger partial charge in [-0.05, 0) is 30.7 Å². The molecule has 0 aliphatic heterocycles. The number of carbonyl (C=O) groups excluding carboxylic acids is 3. The maximum Gasteiger partial charge on any atom is 0.313 e. The van der Waals surface area contributed by atoms with Gasteiger partial charge >= 0.3 is 5.97 Å². The Labute approximate surface area is 105 Å². The predicted octanol–water partition coefficient (Wildman–Crippen LogP) is 1.32. The molecule has 5 heteroatoms. The molecule has 1 aromatic carbocycles. The van der Waals surface area contributed by atoms with E-state index in [1.165, 1.54) is 13.2 Å². The van der Waals surface area contributed by atoms with Crippen LogP contribution in [-0.2, 0) is 14.3 Å². The highest BCUT2D eigenvalue weighted by Crippen LogP contribution is 2.19. The van der Waals surface area contributed by atoms with Gasteiger partial charge in [-0.1, -0.05) is 0 Å². The van der Waals surface area contributed by atoms with E-state index < -0.39 is 24.0 Å².